The second-order valence-corrected chi connectivity index (χ2v) is 7.75. The van der Waals surface area contributed by atoms with Crippen LogP contribution in [0.4, 0.5) is 11.4 Å². The predicted molar refractivity (Wildman–Crippen MR) is 128 cm³/mol. The molecule has 3 aromatic carbocycles. The Bertz CT molecular complexity index is 1170. The van der Waals surface area contributed by atoms with E-state index >= 15 is 0 Å². The van der Waals surface area contributed by atoms with Crippen molar-refractivity contribution in [3.63, 3.8) is 0 Å². The van der Waals surface area contributed by atoms with Crippen LogP contribution in [0.1, 0.15) is 20.3 Å². The number of nitrogen functional groups attached to an aromatic ring is 2. The van der Waals surface area contributed by atoms with Crippen LogP contribution in [0.2, 0.25) is 0 Å². The van der Waals surface area contributed by atoms with E-state index in [1.54, 1.807) is 0 Å². The highest BCUT2D eigenvalue weighted by Crippen LogP contribution is 2.36. The Morgan fingerprint density at radius 1 is 0.806 bits per heavy atom. The summed E-state index contributed by atoms with van der Waals surface area (Å²) in [7, 11) is 0. The van der Waals surface area contributed by atoms with Gasteiger partial charge in [-0.15, -0.1) is 0 Å². The van der Waals surface area contributed by atoms with Crippen LogP contribution in [-0.2, 0) is 6.54 Å². The van der Waals surface area contributed by atoms with Crippen molar-refractivity contribution < 1.29 is 28.5 Å². The zero-order valence-electron chi connectivity index (χ0n) is 18.3. The third kappa shape index (κ3) is 4.48. The highest BCUT2D eigenvalue weighted by molar-refractivity contribution is 6.15. The van der Waals surface area contributed by atoms with Crippen LogP contribution in [0.3, 0.4) is 0 Å². The van der Waals surface area contributed by atoms with E-state index in [-0.39, 0.29) is 24.0 Å². The van der Waals surface area contributed by atoms with Crippen molar-refractivity contribution in [1.29, 1.82) is 0 Å². The lowest BCUT2D eigenvalue weighted by atomic mass is 9.97. The lowest BCUT2D eigenvalue weighted by Gasteiger charge is -2.18. The van der Waals surface area contributed by atoms with Gasteiger partial charge >= 0.3 is 0 Å². The van der Waals surface area contributed by atoms with Gasteiger partial charge in [0.2, 0.25) is 11.2 Å². The number of pyridine rings is 1. The average molecular weight is 526 g/mol. The molecule has 0 spiro atoms. The molecule has 162 valence electrons. The number of fused-ring (bicyclic) bond motifs is 3. The number of benzene rings is 3. The molecule has 0 aliphatic carbocycles. The van der Waals surface area contributed by atoms with Gasteiger partial charge in [0.15, 0.2) is 6.54 Å². The maximum atomic E-state index is 6.52. The molecule has 0 bridgehead atoms. The minimum Gasteiger partial charge on any atom is -1.00 e. The first-order valence-electron chi connectivity index (χ1n) is 10.9. The van der Waals surface area contributed by atoms with Gasteiger partial charge in [-0.05, 0) is 37.4 Å². The number of aromatic nitrogens is 1. The molecule has 0 aliphatic heterocycles. The largest absolute Gasteiger partial charge is 1.00 e. The molecule has 0 amide bonds. The van der Waals surface area contributed by atoms with Crippen molar-refractivity contribution in [2.75, 3.05) is 31.1 Å². The topological polar surface area (TPSA) is 59.2 Å². The van der Waals surface area contributed by atoms with Gasteiger partial charge in [-0.3, -0.25) is 0 Å². The summed E-state index contributed by atoms with van der Waals surface area (Å²) in [6, 6.07) is 23.2. The number of hydrogen-bond donors (Lipinski definition) is 2. The first-order valence-corrected chi connectivity index (χ1v) is 10.9. The minimum absolute atomic E-state index is 0. The summed E-state index contributed by atoms with van der Waals surface area (Å²) in [4.78, 5) is 2.47. The molecular formula is C26H31IN4. The Morgan fingerprint density at radius 3 is 2.13 bits per heavy atom. The highest BCUT2D eigenvalue weighted by Gasteiger charge is 2.24. The molecule has 1 aromatic heterocycles. The van der Waals surface area contributed by atoms with Crippen LogP contribution in [0.15, 0.2) is 66.7 Å². The van der Waals surface area contributed by atoms with Gasteiger partial charge in [-0.25, -0.2) is 0 Å². The van der Waals surface area contributed by atoms with Crippen LogP contribution < -0.4 is 40.0 Å². The molecule has 4 aromatic rings. The second-order valence-electron chi connectivity index (χ2n) is 7.75. The van der Waals surface area contributed by atoms with Crippen LogP contribution in [0.25, 0.3) is 32.9 Å². The third-order valence-electron chi connectivity index (χ3n) is 6.07. The number of aryl methyl sites for hydroxylation is 1. The molecule has 0 aliphatic rings. The van der Waals surface area contributed by atoms with E-state index in [1.807, 2.05) is 6.07 Å². The number of anilines is 2. The van der Waals surface area contributed by atoms with Crippen LogP contribution >= 0.6 is 0 Å². The van der Waals surface area contributed by atoms with E-state index in [2.05, 4.69) is 84.0 Å². The zero-order chi connectivity index (χ0) is 21.1. The van der Waals surface area contributed by atoms with Gasteiger partial charge in [-0.2, -0.15) is 4.57 Å². The molecule has 1 heterocycles. The fourth-order valence-electron chi connectivity index (χ4n) is 4.44. The number of rotatable bonds is 7. The average Bonchev–Trinajstić information content (AvgIpc) is 2.79. The Morgan fingerprint density at radius 2 is 1.45 bits per heavy atom. The van der Waals surface area contributed by atoms with E-state index in [9.17, 15) is 0 Å². The lowest BCUT2D eigenvalue weighted by Crippen LogP contribution is -3.00. The quantitative estimate of drug-likeness (QED) is 0.167. The molecule has 0 fully saturated rings. The van der Waals surface area contributed by atoms with E-state index < -0.39 is 0 Å². The van der Waals surface area contributed by atoms with Crippen LogP contribution in [0.5, 0.6) is 0 Å². The Labute approximate surface area is 201 Å². The fourth-order valence-corrected chi connectivity index (χ4v) is 4.44. The van der Waals surface area contributed by atoms with Gasteiger partial charge in [0, 0.05) is 30.0 Å². The van der Waals surface area contributed by atoms with Crippen molar-refractivity contribution in [2.24, 2.45) is 0 Å². The van der Waals surface area contributed by atoms with E-state index in [4.69, 9.17) is 11.5 Å². The Kier molecular flexibility index (Phi) is 7.73. The van der Waals surface area contributed by atoms with Gasteiger partial charge in [0.25, 0.3) is 0 Å². The summed E-state index contributed by atoms with van der Waals surface area (Å²) < 4.78 is 2.44. The summed E-state index contributed by atoms with van der Waals surface area (Å²) in [6.45, 7) is 8.60. The van der Waals surface area contributed by atoms with Crippen LogP contribution in [-0.4, -0.2) is 24.5 Å². The zero-order valence-corrected chi connectivity index (χ0v) is 20.5. The molecule has 4 N–H and O–H groups in total. The summed E-state index contributed by atoms with van der Waals surface area (Å²) in [5, 5.41) is 3.40. The Hall–Kier alpha value is -2.38. The number of halogens is 1. The van der Waals surface area contributed by atoms with Gasteiger partial charge in [0.05, 0.1) is 22.1 Å². The first-order chi connectivity index (χ1) is 14.7. The molecule has 4 rings (SSSR count). The molecular weight excluding hydrogens is 495 g/mol. The number of hydrogen-bond acceptors (Lipinski definition) is 3. The smallest absolute Gasteiger partial charge is 0.220 e. The lowest BCUT2D eigenvalue weighted by molar-refractivity contribution is -0.659. The van der Waals surface area contributed by atoms with Gasteiger partial charge in [-0.1, -0.05) is 50.2 Å². The molecule has 0 unspecified atom stereocenters. The SMILES string of the molecule is CCN(CC)CCC[n+]1c(-c2ccccc2)c2ccccc2c2c(N)c(N)ccc21.[I-]. The molecule has 0 radical (unpaired) electrons. The van der Waals surface area contributed by atoms with Crippen molar-refractivity contribution in [1.82, 2.24) is 4.90 Å². The maximum absolute atomic E-state index is 6.52. The normalized spacial score (nSPS) is 11.2. The molecule has 0 atom stereocenters. The summed E-state index contributed by atoms with van der Waals surface area (Å²) in [5.41, 5.74) is 17.6. The molecule has 4 nitrogen and oxygen atoms in total. The first kappa shape index (κ1) is 23.3. The number of nitrogens with zero attached hydrogens (tertiary/aromatic N) is 2. The fraction of sp³-hybridized carbons (Fsp3) is 0.269. The summed E-state index contributed by atoms with van der Waals surface area (Å²) >= 11 is 0. The monoisotopic (exact) mass is 526 g/mol. The van der Waals surface area contributed by atoms with Crippen molar-refractivity contribution in [2.45, 2.75) is 26.8 Å². The van der Waals surface area contributed by atoms with E-state index in [1.165, 1.54) is 16.6 Å². The minimum atomic E-state index is 0. The van der Waals surface area contributed by atoms with Crippen molar-refractivity contribution in [3.05, 3.63) is 66.7 Å². The molecule has 0 saturated heterocycles. The Balaban J connectivity index is 0.00000272. The predicted octanol–water partition coefficient (Wildman–Crippen LogP) is 1.85. The van der Waals surface area contributed by atoms with E-state index in [0.717, 1.165) is 48.9 Å². The highest BCUT2D eigenvalue weighted by atomic mass is 127. The van der Waals surface area contributed by atoms with E-state index in [0.29, 0.717) is 11.4 Å². The summed E-state index contributed by atoms with van der Waals surface area (Å²) in [6.07, 6.45) is 1.07. The van der Waals surface area contributed by atoms with Crippen molar-refractivity contribution >= 4 is 33.1 Å². The maximum Gasteiger partial charge on any atom is 0.220 e. The third-order valence-corrected chi connectivity index (χ3v) is 6.07. The second kappa shape index (κ2) is 10.3. The molecule has 5 heteroatoms. The van der Waals surface area contributed by atoms with Gasteiger partial charge in [0.1, 0.15) is 0 Å². The van der Waals surface area contributed by atoms with Gasteiger partial charge < -0.3 is 40.3 Å². The molecule has 31 heavy (non-hydrogen) atoms. The number of nitrogens with two attached hydrogens (primary N) is 2. The molecule has 0 saturated carbocycles. The summed E-state index contributed by atoms with van der Waals surface area (Å²) in [5.74, 6) is 0. The standard InChI is InChI=1S/C26H30N4.HI/c1-3-29(4-2)17-10-18-30-23-16-15-22(27)25(28)24(23)20-13-8-9-14-21(20)26(30)19-11-6-5-7-12-19;/h5-9,11-16,28H,3-4,10,17-18,27H2,1-2H3;1H. The van der Waals surface area contributed by atoms with Crippen LogP contribution in [0, 0.1) is 0 Å². The van der Waals surface area contributed by atoms with Crippen molar-refractivity contribution in [3.8, 4) is 11.3 Å².